The molecule has 0 radical (unpaired) electrons. The molecule has 0 aromatic heterocycles. The Hall–Kier alpha value is -1.35. The summed E-state index contributed by atoms with van der Waals surface area (Å²) in [6.07, 6.45) is 2.00. The maximum atomic E-state index is 12.2. The molecule has 0 spiro atoms. The Balaban J connectivity index is 1.89. The van der Waals surface area contributed by atoms with Crippen LogP contribution in [0.1, 0.15) is 31.4 Å². The van der Waals surface area contributed by atoms with Gasteiger partial charge in [0.1, 0.15) is 0 Å². The third-order valence-electron chi connectivity index (χ3n) is 3.89. The molecule has 0 aliphatic carbocycles. The highest BCUT2D eigenvalue weighted by Crippen LogP contribution is 2.16. The second-order valence-electron chi connectivity index (χ2n) is 5.54. The molecular weight excluding hydrogens is 236 g/mol. The summed E-state index contributed by atoms with van der Waals surface area (Å²) < 4.78 is 0. The molecule has 104 valence electrons. The molecule has 1 aromatic rings. The summed E-state index contributed by atoms with van der Waals surface area (Å²) in [6, 6.07) is 8.31. The number of amides is 1. The van der Waals surface area contributed by atoms with Crippen molar-refractivity contribution in [1.29, 1.82) is 0 Å². The van der Waals surface area contributed by atoms with E-state index in [0.29, 0.717) is 12.5 Å². The van der Waals surface area contributed by atoms with E-state index in [-0.39, 0.29) is 11.8 Å². The Morgan fingerprint density at radius 1 is 1.32 bits per heavy atom. The summed E-state index contributed by atoms with van der Waals surface area (Å²) >= 11 is 0. The highest BCUT2D eigenvalue weighted by atomic mass is 16.1. The predicted octanol–water partition coefficient (Wildman–Crippen LogP) is 2.11. The minimum atomic E-state index is 0.123. The van der Waals surface area contributed by atoms with E-state index in [1.807, 2.05) is 6.07 Å². The van der Waals surface area contributed by atoms with Gasteiger partial charge in [-0.25, -0.2) is 0 Å². The molecule has 3 heteroatoms. The summed E-state index contributed by atoms with van der Waals surface area (Å²) in [5, 5.41) is 6.41. The lowest BCUT2D eigenvalue weighted by Crippen LogP contribution is -2.43. The first-order chi connectivity index (χ1) is 9.20. The van der Waals surface area contributed by atoms with Crippen molar-refractivity contribution < 1.29 is 4.79 Å². The van der Waals surface area contributed by atoms with Crippen LogP contribution in [0.5, 0.6) is 0 Å². The van der Waals surface area contributed by atoms with E-state index < -0.39 is 0 Å². The van der Waals surface area contributed by atoms with Crippen molar-refractivity contribution in [3.05, 3.63) is 35.4 Å². The van der Waals surface area contributed by atoms with Gasteiger partial charge in [0.05, 0.1) is 5.92 Å². The zero-order chi connectivity index (χ0) is 13.7. The van der Waals surface area contributed by atoms with Crippen LogP contribution in [0.25, 0.3) is 0 Å². The Kier molecular flexibility index (Phi) is 4.97. The molecule has 1 amide bonds. The fourth-order valence-electron chi connectivity index (χ4n) is 2.76. The van der Waals surface area contributed by atoms with Gasteiger partial charge in [-0.15, -0.1) is 0 Å². The van der Waals surface area contributed by atoms with Gasteiger partial charge in [-0.05, 0) is 36.4 Å². The second kappa shape index (κ2) is 6.71. The number of piperidine rings is 1. The van der Waals surface area contributed by atoms with Crippen molar-refractivity contribution in [2.75, 3.05) is 13.1 Å². The van der Waals surface area contributed by atoms with Crippen LogP contribution in [0.15, 0.2) is 24.3 Å². The summed E-state index contributed by atoms with van der Waals surface area (Å²) in [5.41, 5.74) is 2.55. The molecule has 1 fully saturated rings. The van der Waals surface area contributed by atoms with Crippen molar-refractivity contribution in [3.63, 3.8) is 0 Å². The first kappa shape index (κ1) is 14.1. The predicted molar refractivity (Wildman–Crippen MR) is 77.8 cm³/mol. The quantitative estimate of drug-likeness (QED) is 0.870. The summed E-state index contributed by atoms with van der Waals surface area (Å²) in [5.74, 6) is 0.898. The van der Waals surface area contributed by atoms with Crippen LogP contribution in [-0.4, -0.2) is 19.0 Å². The number of benzene rings is 1. The van der Waals surface area contributed by atoms with Crippen molar-refractivity contribution in [2.24, 2.45) is 11.8 Å². The maximum absolute atomic E-state index is 12.2. The SMILES string of the molecule is CCc1ccccc1CNC(=O)C1CNCC(C)C1. The van der Waals surface area contributed by atoms with Crippen LogP contribution in [-0.2, 0) is 17.8 Å². The average molecular weight is 260 g/mol. The molecule has 19 heavy (non-hydrogen) atoms. The molecule has 1 aliphatic rings. The van der Waals surface area contributed by atoms with E-state index in [1.54, 1.807) is 0 Å². The van der Waals surface area contributed by atoms with Crippen LogP contribution in [0.2, 0.25) is 0 Å². The third kappa shape index (κ3) is 3.80. The summed E-state index contributed by atoms with van der Waals surface area (Å²) in [7, 11) is 0. The van der Waals surface area contributed by atoms with Gasteiger partial charge in [-0.1, -0.05) is 38.1 Å². The van der Waals surface area contributed by atoms with E-state index in [2.05, 4.69) is 42.7 Å². The van der Waals surface area contributed by atoms with E-state index >= 15 is 0 Å². The minimum Gasteiger partial charge on any atom is -0.352 e. The van der Waals surface area contributed by atoms with E-state index in [0.717, 1.165) is 25.9 Å². The lowest BCUT2D eigenvalue weighted by atomic mass is 9.91. The molecule has 1 aliphatic heterocycles. The van der Waals surface area contributed by atoms with Crippen LogP contribution >= 0.6 is 0 Å². The average Bonchev–Trinajstić information content (AvgIpc) is 2.45. The Morgan fingerprint density at radius 2 is 2.05 bits per heavy atom. The minimum absolute atomic E-state index is 0.123. The number of rotatable bonds is 4. The Labute approximate surface area is 115 Å². The molecule has 1 saturated heterocycles. The van der Waals surface area contributed by atoms with Crippen molar-refractivity contribution in [2.45, 2.75) is 33.2 Å². The lowest BCUT2D eigenvalue weighted by molar-refractivity contribution is -0.126. The van der Waals surface area contributed by atoms with Crippen LogP contribution < -0.4 is 10.6 Å². The van der Waals surface area contributed by atoms with Gasteiger partial charge in [0.25, 0.3) is 0 Å². The number of hydrogen-bond acceptors (Lipinski definition) is 2. The Bertz CT molecular complexity index is 431. The lowest BCUT2D eigenvalue weighted by Gasteiger charge is -2.27. The van der Waals surface area contributed by atoms with Gasteiger partial charge in [0.2, 0.25) is 5.91 Å². The molecule has 2 unspecified atom stereocenters. The van der Waals surface area contributed by atoms with Crippen molar-refractivity contribution in [1.82, 2.24) is 10.6 Å². The number of hydrogen-bond donors (Lipinski definition) is 2. The largest absolute Gasteiger partial charge is 0.352 e. The molecule has 2 N–H and O–H groups in total. The van der Waals surface area contributed by atoms with E-state index in [4.69, 9.17) is 0 Å². The molecule has 1 heterocycles. The molecule has 1 aromatic carbocycles. The molecule has 2 rings (SSSR count). The molecule has 0 saturated carbocycles. The normalized spacial score (nSPS) is 23.1. The molecular formula is C16H24N2O. The Morgan fingerprint density at radius 3 is 2.74 bits per heavy atom. The third-order valence-corrected chi connectivity index (χ3v) is 3.89. The van der Waals surface area contributed by atoms with Gasteiger partial charge < -0.3 is 10.6 Å². The molecule has 0 bridgehead atoms. The molecule has 2 atom stereocenters. The monoisotopic (exact) mass is 260 g/mol. The number of nitrogens with one attached hydrogen (secondary N) is 2. The van der Waals surface area contributed by atoms with E-state index in [1.165, 1.54) is 11.1 Å². The van der Waals surface area contributed by atoms with E-state index in [9.17, 15) is 4.79 Å². The fraction of sp³-hybridized carbons (Fsp3) is 0.562. The standard InChI is InChI=1S/C16H24N2O/c1-3-13-6-4-5-7-14(13)11-18-16(19)15-8-12(2)9-17-10-15/h4-7,12,15,17H,3,8-11H2,1-2H3,(H,18,19). The maximum Gasteiger partial charge on any atom is 0.224 e. The number of carbonyl (C=O) groups excluding carboxylic acids is 1. The van der Waals surface area contributed by atoms with Crippen LogP contribution in [0.4, 0.5) is 0 Å². The zero-order valence-electron chi connectivity index (χ0n) is 11.9. The summed E-state index contributed by atoms with van der Waals surface area (Å²) in [6.45, 7) is 6.83. The smallest absolute Gasteiger partial charge is 0.224 e. The molecule has 3 nitrogen and oxygen atoms in total. The number of aryl methyl sites for hydroxylation is 1. The second-order valence-corrected chi connectivity index (χ2v) is 5.54. The van der Waals surface area contributed by atoms with Crippen molar-refractivity contribution >= 4 is 5.91 Å². The first-order valence-electron chi connectivity index (χ1n) is 7.26. The van der Waals surface area contributed by atoms with Gasteiger partial charge in [-0.2, -0.15) is 0 Å². The van der Waals surface area contributed by atoms with Crippen LogP contribution in [0.3, 0.4) is 0 Å². The highest BCUT2D eigenvalue weighted by molar-refractivity contribution is 5.79. The zero-order valence-corrected chi connectivity index (χ0v) is 11.9. The number of carbonyl (C=O) groups is 1. The van der Waals surface area contributed by atoms with Gasteiger partial charge in [0.15, 0.2) is 0 Å². The highest BCUT2D eigenvalue weighted by Gasteiger charge is 2.24. The van der Waals surface area contributed by atoms with Crippen molar-refractivity contribution in [3.8, 4) is 0 Å². The van der Waals surface area contributed by atoms with Crippen LogP contribution in [0, 0.1) is 11.8 Å². The summed E-state index contributed by atoms with van der Waals surface area (Å²) in [4.78, 5) is 12.2. The van der Waals surface area contributed by atoms with Gasteiger partial charge in [-0.3, -0.25) is 4.79 Å². The topological polar surface area (TPSA) is 41.1 Å². The van der Waals surface area contributed by atoms with Gasteiger partial charge >= 0.3 is 0 Å². The van der Waals surface area contributed by atoms with Gasteiger partial charge in [0, 0.05) is 13.1 Å². The fourth-order valence-corrected chi connectivity index (χ4v) is 2.76. The first-order valence-corrected chi connectivity index (χ1v) is 7.26.